The summed E-state index contributed by atoms with van der Waals surface area (Å²) in [6.07, 6.45) is 0.831. The quantitative estimate of drug-likeness (QED) is 0.904. The molecular formula is C17H17ClFN. The van der Waals surface area contributed by atoms with Crippen molar-refractivity contribution >= 4 is 11.6 Å². The van der Waals surface area contributed by atoms with Crippen LogP contribution in [0.25, 0.3) is 0 Å². The first kappa shape index (κ1) is 13.6. The molecule has 0 bridgehead atoms. The molecule has 0 amide bonds. The highest BCUT2D eigenvalue weighted by Crippen LogP contribution is 2.33. The fourth-order valence-electron chi connectivity index (χ4n) is 2.87. The Morgan fingerprint density at radius 2 is 2.00 bits per heavy atom. The van der Waals surface area contributed by atoms with E-state index in [9.17, 15) is 4.39 Å². The number of benzene rings is 2. The van der Waals surface area contributed by atoms with E-state index in [0.29, 0.717) is 0 Å². The van der Waals surface area contributed by atoms with Crippen LogP contribution in [0.1, 0.15) is 16.7 Å². The number of hydrogen-bond acceptors (Lipinski definition) is 1. The normalized spacial score (nSPS) is 16.8. The molecule has 0 atom stereocenters. The molecule has 1 N–H and O–H groups in total. The van der Waals surface area contributed by atoms with E-state index in [2.05, 4.69) is 36.5 Å². The van der Waals surface area contributed by atoms with Gasteiger partial charge < -0.3 is 5.32 Å². The maximum Gasteiger partial charge on any atom is 0.142 e. The zero-order valence-electron chi connectivity index (χ0n) is 11.4. The van der Waals surface area contributed by atoms with Gasteiger partial charge in [0.1, 0.15) is 5.82 Å². The lowest BCUT2D eigenvalue weighted by Crippen LogP contribution is -2.58. The van der Waals surface area contributed by atoms with Gasteiger partial charge in [0.25, 0.3) is 0 Å². The first-order valence-electron chi connectivity index (χ1n) is 6.81. The van der Waals surface area contributed by atoms with E-state index in [-0.39, 0.29) is 16.3 Å². The summed E-state index contributed by atoms with van der Waals surface area (Å²) in [6.45, 7) is 3.96. The first-order chi connectivity index (χ1) is 9.59. The van der Waals surface area contributed by atoms with E-state index in [1.54, 1.807) is 12.1 Å². The van der Waals surface area contributed by atoms with Gasteiger partial charge in [0.05, 0.1) is 5.02 Å². The minimum atomic E-state index is -0.337. The Hall–Kier alpha value is -1.38. The Bertz CT molecular complexity index is 635. The Kier molecular flexibility index (Phi) is 3.53. The molecule has 1 nitrogen and oxygen atoms in total. The first-order valence-corrected chi connectivity index (χ1v) is 7.19. The molecule has 0 radical (unpaired) electrons. The summed E-state index contributed by atoms with van der Waals surface area (Å²) in [6, 6.07) is 13.7. The molecule has 3 rings (SSSR count). The second kappa shape index (κ2) is 5.19. The highest BCUT2D eigenvalue weighted by atomic mass is 35.5. The van der Waals surface area contributed by atoms with Crippen molar-refractivity contribution in [3.63, 3.8) is 0 Å². The lowest BCUT2D eigenvalue weighted by atomic mass is 9.71. The molecule has 104 valence electrons. The minimum absolute atomic E-state index is 0.0757. The summed E-state index contributed by atoms with van der Waals surface area (Å²) in [5.41, 5.74) is 3.66. The van der Waals surface area contributed by atoms with Gasteiger partial charge in [0, 0.05) is 18.5 Å². The van der Waals surface area contributed by atoms with Gasteiger partial charge >= 0.3 is 0 Å². The molecule has 1 aliphatic heterocycles. The Morgan fingerprint density at radius 1 is 1.20 bits per heavy atom. The van der Waals surface area contributed by atoms with Crippen LogP contribution >= 0.6 is 11.6 Å². The SMILES string of the molecule is Cc1cccc(C2(Cc3ccc(Cl)c(F)c3)CNC2)c1. The van der Waals surface area contributed by atoms with Crippen molar-refractivity contribution in [3.8, 4) is 0 Å². The predicted molar refractivity (Wildman–Crippen MR) is 80.8 cm³/mol. The number of rotatable bonds is 3. The number of nitrogens with one attached hydrogen (secondary N) is 1. The maximum atomic E-state index is 13.6. The van der Waals surface area contributed by atoms with Crippen molar-refractivity contribution in [2.75, 3.05) is 13.1 Å². The highest BCUT2D eigenvalue weighted by molar-refractivity contribution is 6.30. The van der Waals surface area contributed by atoms with Crippen molar-refractivity contribution < 1.29 is 4.39 Å². The molecule has 1 heterocycles. The molecule has 1 saturated heterocycles. The molecule has 0 aromatic heterocycles. The van der Waals surface area contributed by atoms with E-state index in [1.165, 1.54) is 11.1 Å². The monoisotopic (exact) mass is 289 g/mol. The molecule has 2 aromatic rings. The Morgan fingerprint density at radius 3 is 2.60 bits per heavy atom. The zero-order chi connectivity index (χ0) is 14.2. The number of hydrogen-bond donors (Lipinski definition) is 1. The second-order valence-corrected chi connectivity index (χ2v) is 6.09. The third-order valence-corrected chi connectivity index (χ3v) is 4.39. The van der Waals surface area contributed by atoms with Crippen LogP contribution in [-0.2, 0) is 11.8 Å². The van der Waals surface area contributed by atoms with Crippen LogP contribution in [0.5, 0.6) is 0 Å². The molecule has 1 fully saturated rings. The van der Waals surface area contributed by atoms with Gasteiger partial charge in [-0.1, -0.05) is 47.5 Å². The predicted octanol–water partition coefficient (Wildman–Crippen LogP) is 3.87. The molecule has 1 aliphatic rings. The van der Waals surface area contributed by atoms with Crippen LogP contribution in [0, 0.1) is 12.7 Å². The standard InChI is InChI=1S/C17H17ClFN/c1-12-3-2-4-14(7-12)17(10-20-11-17)9-13-5-6-15(18)16(19)8-13/h2-8,20H,9-11H2,1H3. The van der Waals surface area contributed by atoms with Crippen LogP contribution in [0.2, 0.25) is 5.02 Å². The van der Waals surface area contributed by atoms with Crippen molar-refractivity contribution in [1.82, 2.24) is 5.32 Å². The van der Waals surface area contributed by atoms with Gasteiger partial charge in [-0.05, 0) is 36.6 Å². The zero-order valence-corrected chi connectivity index (χ0v) is 12.2. The van der Waals surface area contributed by atoms with E-state index in [1.807, 2.05) is 6.07 Å². The maximum absolute atomic E-state index is 13.6. The van der Waals surface area contributed by atoms with Crippen LogP contribution in [-0.4, -0.2) is 13.1 Å². The average molecular weight is 290 g/mol. The summed E-state index contributed by atoms with van der Waals surface area (Å²) in [5, 5.41) is 3.53. The summed E-state index contributed by atoms with van der Waals surface area (Å²) < 4.78 is 13.6. The largest absolute Gasteiger partial charge is 0.315 e. The number of halogens is 2. The molecule has 3 heteroatoms. The third-order valence-electron chi connectivity index (χ3n) is 4.08. The van der Waals surface area contributed by atoms with Gasteiger partial charge in [-0.2, -0.15) is 0 Å². The molecule has 0 spiro atoms. The van der Waals surface area contributed by atoms with Crippen molar-refractivity contribution in [1.29, 1.82) is 0 Å². The topological polar surface area (TPSA) is 12.0 Å². The van der Waals surface area contributed by atoms with Crippen LogP contribution in [0.3, 0.4) is 0 Å². The van der Waals surface area contributed by atoms with Crippen LogP contribution in [0.4, 0.5) is 4.39 Å². The van der Waals surface area contributed by atoms with E-state index >= 15 is 0 Å². The molecule has 0 aliphatic carbocycles. The molecule has 0 saturated carbocycles. The van der Waals surface area contributed by atoms with Gasteiger partial charge in [0.15, 0.2) is 0 Å². The minimum Gasteiger partial charge on any atom is -0.315 e. The number of aryl methyl sites for hydroxylation is 1. The van der Waals surface area contributed by atoms with Gasteiger partial charge in [-0.3, -0.25) is 0 Å². The Balaban J connectivity index is 1.91. The van der Waals surface area contributed by atoms with Crippen molar-refractivity contribution in [2.45, 2.75) is 18.8 Å². The van der Waals surface area contributed by atoms with Gasteiger partial charge in [0.2, 0.25) is 0 Å². The average Bonchev–Trinajstić information content (AvgIpc) is 2.38. The summed E-state index contributed by atoms with van der Waals surface area (Å²) in [4.78, 5) is 0. The van der Waals surface area contributed by atoms with Gasteiger partial charge in [-0.25, -0.2) is 4.39 Å². The molecule has 20 heavy (non-hydrogen) atoms. The summed E-state index contributed by atoms with van der Waals surface area (Å²) in [7, 11) is 0. The lowest BCUT2D eigenvalue weighted by Gasteiger charge is -2.43. The van der Waals surface area contributed by atoms with Crippen molar-refractivity contribution in [3.05, 3.63) is 70.0 Å². The second-order valence-electron chi connectivity index (χ2n) is 5.68. The lowest BCUT2D eigenvalue weighted by molar-refractivity contribution is 0.274. The summed E-state index contributed by atoms with van der Waals surface area (Å²) >= 11 is 5.75. The van der Waals surface area contributed by atoms with Gasteiger partial charge in [-0.15, -0.1) is 0 Å². The van der Waals surface area contributed by atoms with Crippen LogP contribution in [0.15, 0.2) is 42.5 Å². The summed E-state index contributed by atoms with van der Waals surface area (Å²) in [5.74, 6) is -0.337. The smallest absolute Gasteiger partial charge is 0.142 e. The molecule has 0 unspecified atom stereocenters. The molecular weight excluding hydrogens is 273 g/mol. The third kappa shape index (κ3) is 2.46. The Labute approximate surface area is 123 Å². The fraction of sp³-hybridized carbons (Fsp3) is 0.294. The van der Waals surface area contributed by atoms with E-state index < -0.39 is 0 Å². The van der Waals surface area contributed by atoms with Crippen LogP contribution < -0.4 is 5.32 Å². The van der Waals surface area contributed by atoms with E-state index in [0.717, 1.165) is 25.1 Å². The molecule has 2 aromatic carbocycles. The fourth-order valence-corrected chi connectivity index (χ4v) is 2.99. The van der Waals surface area contributed by atoms with Crippen molar-refractivity contribution in [2.24, 2.45) is 0 Å². The highest BCUT2D eigenvalue weighted by Gasteiger charge is 2.38. The van der Waals surface area contributed by atoms with E-state index in [4.69, 9.17) is 11.6 Å².